The number of fused-ring (bicyclic) bond motifs is 3. The van der Waals surface area contributed by atoms with E-state index in [4.69, 9.17) is 9.47 Å². The lowest BCUT2D eigenvalue weighted by Crippen LogP contribution is -2.57. The van der Waals surface area contributed by atoms with Crippen LogP contribution in [-0.2, 0) is 22.7 Å². The summed E-state index contributed by atoms with van der Waals surface area (Å²) < 4.78 is 13.9. The third-order valence-corrected chi connectivity index (χ3v) is 9.27. The minimum Gasteiger partial charge on any atom is -0.388 e. The molecule has 1 fully saturated rings. The van der Waals surface area contributed by atoms with Crippen LogP contribution in [0.2, 0.25) is 0 Å². The van der Waals surface area contributed by atoms with Crippen LogP contribution in [0.4, 0.5) is 0 Å². The highest BCUT2D eigenvalue weighted by Gasteiger charge is 2.56. The Morgan fingerprint density at radius 1 is 0.889 bits per heavy atom. The van der Waals surface area contributed by atoms with Crippen LogP contribution in [0.15, 0.2) is 83.5 Å². The zero-order valence-corrected chi connectivity index (χ0v) is 22.4. The second-order valence-electron chi connectivity index (χ2n) is 11.9. The van der Waals surface area contributed by atoms with Gasteiger partial charge in [-0.25, -0.2) is 0 Å². The Morgan fingerprint density at radius 2 is 1.50 bits per heavy atom. The van der Waals surface area contributed by atoms with Gasteiger partial charge in [-0.1, -0.05) is 93.1 Å². The summed E-state index contributed by atoms with van der Waals surface area (Å²) in [5, 5.41) is 11.9. The van der Waals surface area contributed by atoms with Gasteiger partial charge in [-0.05, 0) is 72.6 Å². The van der Waals surface area contributed by atoms with Gasteiger partial charge in [0.1, 0.15) is 6.10 Å². The molecule has 0 spiro atoms. The first-order chi connectivity index (χ1) is 17.3. The molecule has 0 aromatic heterocycles. The summed E-state index contributed by atoms with van der Waals surface area (Å²) >= 11 is 0. The predicted octanol–water partition coefficient (Wildman–Crippen LogP) is 7.40. The normalized spacial score (nSPS) is 31.8. The third kappa shape index (κ3) is 4.62. The van der Waals surface area contributed by atoms with Crippen molar-refractivity contribution in [2.24, 2.45) is 16.7 Å². The fourth-order valence-corrected chi connectivity index (χ4v) is 7.31. The zero-order chi connectivity index (χ0) is 25.3. The van der Waals surface area contributed by atoms with Crippen molar-refractivity contribution in [3.63, 3.8) is 0 Å². The SMILES string of the molecule is CC1=C2[C@@H](OCc3ccccc3)[C@H](OCc3ccccc3)[C@]3(C)CCCC=C3[C@@H](O)[C@H](CC1)C2(C)C. The van der Waals surface area contributed by atoms with Crippen LogP contribution in [0, 0.1) is 16.7 Å². The van der Waals surface area contributed by atoms with E-state index in [-0.39, 0.29) is 29.0 Å². The Labute approximate surface area is 217 Å². The largest absolute Gasteiger partial charge is 0.388 e. The molecule has 5 rings (SSSR count). The van der Waals surface area contributed by atoms with Crippen molar-refractivity contribution < 1.29 is 14.6 Å². The van der Waals surface area contributed by atoms with E-state index in [1.165, 1.54) is 27.8 Å². The Bertz CT molecular complexity index is 1100. The van der Waals surface area contributed by atoms with Gasteiger partial charge in [0.05, 0.1) is 25.4 Å². The molecular formula is C33H42O3. The molecule has 3 aliphatic carbocycles. The number of ether oxygens (including phenoxy) is 2. The van der Waals surface area contributed by atoms with Gasteiger partial charge < -0.3 is 14.6 Å². The van der Waals surface area contributed by atoms with E-state index in [1.807, 2.05) is 12.1 Å². The summed E-state index contributed by atoms with van der Waals surface area (Å²) in [6, 6.07) is 20.9. The molecule has 0 unspecified atom stereocenters. The molecule has 192 valence electrons. The number of rotatable bonds is 6. The van der Waals surface area contributed by atoms with Gasteiger partial charge in [0.25, 0.3) is 0 Å². The molecule has 2 aromatic carbocycles. The van der Waals surface area contributed by atoms with Crippen LogP contribution in [-0.4, -0.2) is 23.4 Å². The maximum absolute atomic E-state index is 11.9. The number of allylic oxidation sites excluding steroid dienone is 2. The average molecular weight is 487 g/mol. The van der Waals surface area contributed by atoms with Crippen LogP contribution in [0.25, 0.3) is 0 Å². The summed E-state index contributed by atoms with van der Waals surface area (Å²) in [6.45, 7) is 10.3. The summed E-state index contributed by atoms with van der Waals surface area (Å²) in [7, 11) is 0. The number of benzene rings is 2. The molecule has 2 bridgehead atoms. The van der Waals surface area contributed by atoms with E-state index in [2.05, 4.69) is 82.3 Å². The van der Waals surface area contributed by atoms with Crippen molar-refractivity contribution in [1.29, 1.82) is 0 Å². The Morgan fingerprint density at radius 3 is 2.14 bits per heavy atom. The number of aliphatic hydroxyl groups is 1. The molecule has 1 saturated carbocycles. The van der Waals surface area contributed by atoms with Gasteiger partial charge in [0.2, 0.25) is 0 Å². The van der Waals surface area contributed by atoms with Crippen LogP contribution in [0.1, 0.15) is 70.9 Å². The first-order valence-electron chi connectivity index (χ1n) is 13.7. The van der Waals surface area contributed by atoms with Crippen molar-refractivity contribution in [3.8, 4) is 0 Å². The van der Waals surface area contributed by atoms with Crippen LogP contribution in [0.5, 0.6) is 0 Å². The highest BCUT2D eigenvalue weighted by atomic mass is 16.5. The molecule has 3 heteroatoms. The predicted molar refractivity (Wildman–Crippen MR) is 145 cm³/mol. The Balaban J connectivity index is 1.62. The summed E-state index contributed by atoms with van der Waals surface area (Å²) in [4.78, 5) is 0. The number of hydrogen-bond donors (Lipinski definition) is 1. The Kier molecular flexibility index (Phi) is 7.27. The topological polar surface area (TPSA) is 38.7 Å². The molecule has 0 aliphatic heterocycles. The van der Waals surface area contributed by atoms with E-state index >= 15 is 0 Å². The molecule has 0 saturated heterocycles. The maximum atomic E-state index is 11.9. The monoisotopic (exact) mass is 486 g/mol. The second-order valence-corrected chi connectivity index (χ2v) is 11.9. The fraction of sp³-hybridized carbons (Fsp3) is 0.515. The van der Waals surface area contributed by atoms with Crippen LogP contribution in [0.3, 0.4) is 0 Å². The molecule has 1 N–H and O–H groups in total. The van der Waals surface area contributed by atoms with E-state index in [0.29, 0.717) is 13.2 Å². The van der Waals surface area contributed by atoms with Crippen molar-refractivity contribution in [3.05, 3.63) is 94.6 Å². The molecule has 2 aromatic rings. The highest BCUT2D eigenvalue weighted by molar-refractivity contribution is 5.38. The summed E-state index contributed by atoms with van der Waals surface area (Å²) in [6.07, 6.45) is 6.66. The molecule has 3 nitrogen and oxygen atoms in total. The lowest BCUT2D eigenvalue weighted by molar-refractivity contribution is -0.141. The third-order valence-electron chi connectivity index (χ3n) is 9.27. The Hall–Kier alpha value is -2.20. The highest BCUT2D eigenvalue weighted by Crippen LogP contribution is 2.57. The van der Waals surface area contributed by atoms with Crippen LogP contribution >= 0.6 is 0 Å². The lowest BCUT2D eigenvalue weighted by Gasteiger charge is -2.56. The quantitative estimate of drug-likeness (QED) is 0.432. The molecular weight excluding hydrogens is 444 g/mol. The van der Waals surface area contributed by atoms with Gasteiger partial charge >= 0.3 is 0 Å². The summed E-state index contributed by atoms with van der Waals surface area (Å²) in [5.74, 6) is 0.178. The van der Waals surface area contributed by atoms with Gasteiger partial charge in [-0.2, -0.15) is 0 Å². The van der Waals surface area contributed by atoms with E-state index in [0.717, 1.165) is 32.1 Å². The average Bonchev–Trinajstić information content (AvgIpc) is 2.87. The van der Waals surface area contributed by atoms with Crippen LogP contribution < -0.4 is 0 Å². The standard InChI is InChI=1S/C33H42O3/c1-23-18-19-26-29(34)27-17-11-12-20-33(27,4)31(36-22-25-15-9-6-10-16-25)30(28(23)32(26,2)3)35-21-24-13-7-5-8-14-24/h5-10,13-17,26,29-31,34H,11-12,18-22H2,1-4H3/t26-,29-,30+,31-,33+/m0/s1. The van der Waals surface area contributed by atoms with E-state index < -0.39 is 6.10 Å². The number of hydrogen-bond acceptors (Lipinski definition) is 3. The first-order valence-corrected chi connectivity index (χ1v) is 13.7. The first kappa shape index (κ1) is 25.4. The van der Waals surface area contributed by atoms with Crippen molar-refractivity contribution in [1.82, 2.24) is 0 Å². The molecule has 5 atom stereocenters. The molecule has 0 radical (unpaired) electrons. The smallest absolute Gasteiger partial charge is 0.107 e. The van der Waals surface area contributed by atoms with Gasteiger partial charge in [-0.3, -0.25) is 0 Å². The van der Waals surface area contributed by atoms with E-state index in [9.17, 15) is 5.11 Å². The van der Waals surface area contributed by atoms with Gasteiger partial charge in [-0.15, -0.1) is 0 Å². The maximum Gasteiger partial charge on any atom is 0.107 e. The zero-order valence-electron chi connectivity index (χ0n) is 22.4. The lowest BCUT2D eigenvalue weighted by atomic mass is 9.53. The minimum atomic E-state index is -0.453. The van der Waals surface area contributed by atoms with Crippen molar-refractivity contribution in [2.45, 2.75) is 91.3 Å². The molecule has 36 heavy (non-hydrogen) atoms. The van der Waals surface area contributed by atoms with Gasteiger partial charge in [0.15, 0.2) is 0 Å². The van der Waals surface area contributed by atoms with Gasteiger partial charge in [0, 0.05) is 5.41 Å². The molecule has 0 heterocycles. The second kappa shape index (κ2) is 10.3. The van der Waals surface area contributed by atoms with Crippen molar-refractivity contribution >= 4 is 0 Å². The molecule has 3 aliphatic rings. The molecule has 0 amide bonds. The number of aliphatic hydroxyl groups excluding tert-OH is 1. The van der Waals surface area contributed by atoms with Crippen molar-refractivity contribution in [2.75, 3.05) is 0 Å². The van der Waals surface area contributed by atoms with E-state index in [1.54, 1.807) is 0 Å². The fourth-order valence-electron chi connectivity index (χ4n) is 7.31. The minimum absolute atomic E-state index is 0.175. The summed E-state index contributed by atoms with van der Waals surface area (Å²) in [5.41, 5.74) is 5.80.